The van der Waals surface area contributed by atoms with Crippen molar-refractivity contribution in [1.82, 2.24) is 65.8 Å². The Hall–Kier alpha value is -3.70. The number of benzene rings is 1. The third-order valence-electron chi connectivity index (χ3n) is 12.9. The van der Waals surface area contributed by atoms with Gasteiger partial charge in [-0.05, 0) is 67.8 Å². The summed E-state index contributed by atoms with van der Waals surface area (Å²) in [6.45, 7) is -0.864. The number of nitrogens with zero attached hydrogens (tertiary/aromatic N) is 8. The van der Waals surface area contributed by atoms with Crippen molar-refractivity contribution in [2.75, 3.05) is 202 Å². The summed E-state index contributed by atoms with van der Waals surface area (Å²) in [6.07, 6.45) is -1.30. The first-order chi connectivity index (χ1) is 39.7. The summed E-state index contributed by atoms with van der Waals surface area (Å²) in [7, 11) is 0. The number of hydrogen-bond acceptors (Lipinski definition) is 21. The molecule has 14 N–H and O–H groups in total. The zero-order valence-electron chi connectivity index (χ0n) is 46.4. The molecule has 3 rings (SSSR count). The molecular weight excluding hydrogens is 1610 g/mol. The SMILES string of the molecule is O=C(O)CN1CCN(CC(=O)O)CCN(CC(=O)NCCNC(=O)c2c(I)c(NC(=O)NCC(O)CO)c(I)c(C(=O)NCCNC(=O)CN3CCN(CC(=O)O)CCN(CC(=O)O)CCN(CC(=O)O)CC3)c2I)CCN(CC(=O)O)CC1.[Gd+3]. The zero-order valence-corrected chi connectivity index (χ0v) is 55.2. The van der Waals surface area contributed by atoms with Gasteiger partial charge in [0, 0.05) is 141 Å². The number of aliphatic carboxylic acids is 6. The molecule has 85 heavy (non-hydrogen) atoms. The Bertz CT molecular complexity index is 2250. The van der Waals surface area contributed by atoms with Crippen molar-refractivity contribution in [2.45, 2.75) is 6.10 Å². The van der Waals surface area contributed by atoms with E-state index in [1.165, 1.54) is 0 Å². The van der Waals surface area contributed by atoms with E-state index >= 15 is 0 Å². The van der Waals surface area contributed by atoms with Gasteiger partial charge >= 0.3 is 81.8 Å². The monoisotopic (exact) mass is 1690 g/mol. The Morgan fingerprint density at radius 3 is 0.847 bits per heavy atom. The van der Waals surface area contributed by atoms with Gasteiger partial charge in [0.15, 0.2) is 0 Å². The minimum absolute atomic E-state index is 0. The van der Waals surface area contributed by atoms with Crippen molar-refractivity contribution in [3.05, 3.63) is 21.8 Å². The fourth-order valence-corrected chi connectivity index (χ4v) is 13.0. The predicted octanol–water partition coefficient (Wildman–Crippen LogP) is -5.38. The fraction of sp³-hybridized carbons (Fsp3) is 0.646. The van der Waals surface area contributed by atoms with Gasteiger partial charge in [-0.25, -0.2) is 4.79 Å². The molecule has 0 aromatic heterocycles. The number of halogens is 3. The molecule has 2 fully saturated rings. The summed E-state index contributed by atoms with van der Waals surface area (Å²) in [4.78, 5) is 151. The Morgan fingerprint density at radius 2 is 0.612 bits per heavy atom. The molecule has 1 aromatic rings. The van der Waals surface area contributed by atoms with Crippen LogP contribution in [0.2, 0.25) is 0 Å². The Labute approximate surface area is 562 Å². The van der Waals surface area contributed by atoms with E-state index in [0.29, 0.717) is 0 Å². The van der Waals surface area contributed by atoms with Crippen molar-refractivity contribution < 1.29 is 134 Å². The summed E-state index contributed by atoms with van der Waals surface area (Å²) in [6, 6.07) is -0.852. The van der Waals surface area contributed by atoms with E-state index in [0.717, 1.165) is 0 Å². The molecule has 0 spiro atoms. The normalized spacial score (nSPS) is 17.0. The van der Waals surface area contributed by atoms with E-state index in [2.05, 4.69) is 31.9 Å². The first kappa shape index (κ1) is 77.4. The van der Waals surface area contributed by atoms with Gasteiger partial charge in [-0.1, -0.05) is 0 Å². The molecule has 0 bridgehead atoms. The van der Waals surface area contributed by atoms with E-state index < -0.39 is 78.2 Å². The molecule has 1 atom stereocenters. The van der Waals surface area contributed by atoms with E-state index in [1.54, 1.807) is 39.2 Å². The minimum Gasteiger partial charge on any atom is -0.480 e. The summed E-state index contributed by atoms with van der Waals surface area (Å²) in [5, 5.41) is 92.1. The van der Waals surface area contributed by atoms with Gasteiger partial charge in [-0.2, -0.15) is 0 Å². The number of carboxylic acid groups (broad SMARTS) is 6. The van der Waals surface area contributed by atoms with Gasteiger partial charge in [-0.3, -0.25) is 87.1 Å². The maximum atomic E-state index is 14.1. The number of rotatable bonds is 28. The van der Waals surface area contributed by atoms with Crippen LogP contribution >= 0.6 is 67.8 Å². The van der Waals surface area contributed by atoms with Crippen molar-refractivity contribution >= 4 is 139 Å². The van der Waals surface area contributed by atoms with Crippen LogP contribution in [0.5, 0.6) is 0 Å². The number of urea groups is 1. The Morgan fingerprint density at radius 1 is 0.376 bits per heavy atom. The molecule has 0 saturated carbocycles. The van der Waals surface area contributed by atoms with Crippen LogP contribution < -0.4 is 31.9 Å². The zero-order chi connectivity index (χ0) is 62.5. The smallest absolute Gasteiger partial charge is 0.480 e. The predicted molar refractivity (Wildman–Crippen MR) is 323 cm³/mol. The summed E-state index contributed by atoms with van der Waals surface area (Å²) in [5.41, 5.74) is -0.0480. The van der Waals surface area contributed by atoms with Gasteiger partial charge in [0.25, 0.3) is 11.8 Å². The molecule has 2 aliphatic rings. The van der Waals surface area contributed by atoms with Crippen LogP contribution in [0.3, 0.4) is 0 Å². The number of hydrogen-bond donors (Lipinski definition) is 14. The number of carbonyl (C=O) groups is 11. The minimum atomic E-state index is -1.30. The van der Waals surface area contributed by atoms with Crippen molar-refractivity contribution in [3.8, 4) is 0 Å². The molecule has 0 aliphatic carbocycles. The van der Waals surface area contributed by atoms with Gasteiger partial charge < -0.3 is 72.8 Å². The first-order valence-electron chi connectivity index (χ1n) is 26.5. The van der Waals surface area contributed by atoms with Crippen LogP contribution in [0.25, 0.3) is 0 Å². The van der Waals surface area contributed by atoms with Crippen LogP contribution in [-0.4, -0.2) is 348 Å². The fourth-order valence-electron chi connectivity index (χ4n) is 8.63. The topological polar surface area (TPSA) is 448 Å². The average Bonchev–Trinajstić information content (AvgIpc) is 1.94. The molecule has 37 heteroatoms. The van der Waals surface area contributed by atoms with E-state index in [9.17, 15) is 93.6 Å². The van der Waals surface area contributed by atoms with Crippen LogP contribution in [0.4, 0.5) is 10.5 Å². The van der Waals surface area contributed by atoms with Crippen molar-refractivity contribution in [2.24, 2.45) is 0 Å². The third kappa shape index (κ3) is 31.4. The van der Waals surface area contributed by atoms with Crippen LogP contribution in [0.1, 0.15) is 20.7 Å². The molecule has 1 radical (unpaired) electrons. The number of anilines is 1. The first-order valence-corrected chi connectivity index (χ1v) is 29.7. The summed E-state index contributed by atoms with van der Waals surface area (Å²) in [5.74, 6) is -8.99. The number of aliphatic hydroxyl groups is 2. The molecule has 6 amide bonds. The second-order valence-electron chi connectivity index (χ2n) is 19.5. The molecule has 33 nitrogen and oxygen atoms in total. The van der Waals surface area contributed by atoms with E-state index in [-0.39, 0.29) is 257 Å². The molecule has 2 heterocycles. The van der Waals surface area contributed by atoms with Crippen LogP contribution in [0, 0.1) is 50.7 Å². The van der Waals surface area contributed by atoms with Crippen molar-refractivity contribution in [3.63, 3.8) is 0 Å². The number of carboxylic acids is 6. The standard InChI is InChI=1S/C48H75I3N14O19.Gd/c49-42-40(46(82)54-3-1-52-32(68)22-58-5-9-60(24-34(70)71)13-17-64(28-38(78)79)18-14-61(10-6-58)25-35(72)73)43(50)45(57-48(84)56-21-31(67)30-66)44(51)41(42)47(83)55-4-2-53-33(69)23-59-7-11-62(26-36(74)75)15-19-65(29-39(80)81)20-16-63(12-8-59)27-37(76)77;/h31,66-67H,1-30H2,(H,52,68)(H,53,69)(H,54,82)(H,55,83)(H,70,71)(H,72,73)(H,74,75)(H,76,77)(H,78,79)(H,80,81)(H2,56,57,84);/q;+3. The molecule has 2 aliphatic heterocycles. The number of amides is 6. The van der Waals surface area contributed by atoms with Crippen molar-refractivity contribution in [1.29, 1.82) is 0 Å². The maximum Gasteiger partial charge on any atom is 3.00 e. The molecular formula is C48H75GdI3N14O19+3. The van der Waals surface area contributed by atoms with Gasteiger partial charge in [0.05, 0.1) is 89.0 Å². The van der Waals surface area contributed by atoms with Gasteiger partial charge in [0.1, 0.15) is 0 Å². The third-order valence-corrected chi connectivity index (χ3v) is 16.2. The Kier molecular flexibility index (Phi) is 37.8. The maximum absolute atomic E-state index is 14.1. The summed E-state index contributed by atoms with van der Waals surface area (Å²) < 4.78 is 0.550. The van der Waals surface area contributed by atoms with E-state index in [4.69, 9.17) is 0 Å². The van der Waals surface area contributed by atoms with Crippen LogP contribution in [-0.2, 0) is 38.4 Å². The number of aliphatic hydroxyl groups excluding tert-OH is 2. The largest absolute Gasteiger partial charge is 3.00 e. The molecule has 1 unspecified atom stereocenters. The number of nitrogens with one attached hydrogen (secondary N) is 6. The molecule has 477 valence electrons. The van der Waals surface area contributed by atoms with E-state index in [1.807, 2.05) is 67.8 Å². The van der Waals surface area contributed by atoms with Gasteiger partial charge in [0.2, 0.25) is 11.8 Å². The number of carbonyl (C=O) groups excluding carboxylic acids is 5. The average molecular weight is 1690 g/mol. The Balaban J connectivity index is 0.0000247. The summed E-state index contributed by atoms with van der Waals surface area (Å²) >= 11 is 5.46. The second kappa shape index (κ2) is 41.5. The molecule has 1 aromatic carbocycles. The molecule has 2 saturated heterocycles. The van der Waals surface area contributed by atoms with Crippen LogP contribution in [0.15, 0.2) is 0 Å². The second-order valence-corrected chi connectivity index (χ2v) is 22.8. The van der Waals surface area contributed by atoms with Gasteiger partial charge in [-0.15, -0.1) is 0 Å². The quantitative estimate of drug-likeness (QED) is 0.0275.